The van der Waals surface area contributed by atoms with Crippen molar-refractivity contribution in [3.8, 4) is 5.75 Å². The number of carbonyl (C=O) groups excluding carboxylic acids is 2. The summed E-state index contributed by atoms with van der Waals surface area (Å²) in [6.45, 7) is 0.675. The molecule has 3 amide bonds. The maximum absolute atomic E-state index is 12.2. The van der Waals surface area contributed by atoms with E-state index in [2.05, 4.69) is 16.0 Å². The molecule has 3 aromatic rings. The van der Waals surface area contributed by atoms with Crippen LogP contribution in [0.3, 0.4) is 0 Å². The minimum Gasteiger partial charge on any atom is -0.504 e. The molecule has 0 radical (unpaired) electrons. The quantitative estimate of drug-likeness (QED) is 0.520. The highest BCUT2D eigenvalue weighted by Gasteiger charge is 2.08. The van der Waals surface area contributed by atoms with E-state index in [1.807, 2.05) is 19.0 Å². The van der Waals surface area contributed by atoms with Gasteiger partial charge in [0, 0.05) is 30.0 Å². The van der Waals surface area contributed by atoms with E-state index in [-0.39, 0.29) is 11.7 Å². The smallest absolute Gasteiger partial charge is 0.323 e. The number of nitrogens with zero attached hydrogens (tertiary/aromatic N) is 1. The maximum atomic E-state index is 12.2. The SMILES string of the molecule is CN(C)CCC(=O)Nc1ccc(NC(=O)Nc2ccc3occ(O)c3c2)cc1. The molecule has 146 valence electrons. The molecule has 8 heteroatoms. The highest BCUT2D eigenvalue weighted by molar-refractivity contribution is 6.01. The molecule has 0 unspecified atom stereocenters. The fourth-order valence-corrected chi connectivity index (χ4v) is 2.57. The average Bonchev–Trinajstić information content (AvgIpc) is 3.02. The van der Waals surface area contributed by atoms with Crippen molar-refractivity contribution < 1.29 is 19.1 Å². The Balaban J connectivity index is 1.55. The fraction of sp³-hybridized carbons (Fsp3) is 0.200. The van der Waals surface area contributed by atoms with Gasteiger partial charge >= 0.3 is 6.03 Å². The van der Waals surface area contributed by atoms with Crippen molar-refractivity contribution in [1.29, 1.82) is 0 Å². The topological polar surface area (TPSA) is 107 Å². The molecule has 28 heavy (non-hydrogen) atoms. The number of fused-ring (bicyclic) bond motifs is 1. The predicted octanol–water partition coefficient (Wildman–Crippen LogP) is 3.67. The number of nitrogens with one attached hydrogen (secondary N) is 3. The van der Waals surface area contributed by atoms with E-state index in [4.69, 9.17) is 4.42 Å². The molecule has 0 fully saturated rings. The summed E-state index contributed by atoms with van der Waals surface area (Å²) in [6.07, 6.45) is 1.65. The van der Waals surface area contributed by atoms with Crippen LogP contribution >= 0.6 is 0 Å². The van der Waals surface area contributed by atoms with Gasteiger partial charge in [0.2, 0.25) is 5.91 Å². The predicted molar refractivity (Wildman–Crippen MR) is 109 cm³/mol. The van der Waals surface area contributed by atoms with Crippen LogP contribution in [0.4, 0.5) is 21.9 Å². The van der Waals surface area contributed by atoms with Crippen molar-refractivity contribution in [1.82, 2.24) is 4.90 Å². The Morgan fingerprint density at radius 3 is 2.25 bits per heavy atom. The van der Waals surface area contributed by atoms with Crippen LogP contribution in [0.15, 0.2) is 53.1 Å². The molecule has 8 nitrogen and oxygen atoms in total. The zero-order valence-corrected chi connectivity index (χ0v) is 15.7. The Labute approximate surface area is 162 Å². The molecular weight excluding hydrogens is 360 g/mol. The Bertz CT molecular complexity index is 980. The van der Waals surface area contributed by atoms with Gasteiger partial charge in [0.15, 0.2) is 5.75 Å². The number of carbonyl (C=O) groups is 2. The standard InChI is InChI=1S/C20H22N4O4/c1-24(2)10-9-19(26)21-13-3-5-14(6-4-13)22-20(27)23-15-7-8-18-16(11-15)17(25)12-28-18/h3-8,11-12,25H,9-10H2,1-2H3,(H,21,26)(H2,22,23,27). The molecule has 0 aliphatic heterocycles. The molecule has 0 bridgehead atoms. The molecule has 0 spiro atoms. The number of anilines is 3. The van der Waals surface area contributed by atoms with E-state index in [0.29, 0.717) is 41.0 Å². The molecule has 0 saturated carbocycles. The van der Waals surface area contributed by atoms with E-state index >= 15 is 0 Å². The van der Waals surface area contributed by atoms with Crippen molar-refractivity contribution in [2.45, 2.75) is 6.42 Å². The molecule has 0 saturated heterocycles. The van der Waals surface area contributed by atoms with Crippen LogP contribution < -0.4 is 16.0 Å². The van der Waals surface area contributed by atoms with Crippen molar-refractivity contribution in [2.75, 3.05) is 36.6 Å². The van der Waals surface area contributed by atoms with E-state index < -0.39 is 6.03 Å². The molecule has 4 N–H and O–H groups in total. The zero-order valence-electron chi connectivity index (χ0n) is 15.7. The third-order valence-corrected chi connectivity index (χ3v) is 4.02. The second-order valence-electron chi connectivity index (χ2n) is 6.59. The van der Waals surface area contributed by atoms with Crippen molar-refractivity contribution >= 4 is 40.0 Å². The number of amides is 3. The summed E-state index contributed by atoms with van der Waals surface area (Å²) in [5.41, 5.74) is 2.30. The van der Waals surface area contributed by atoms with Gasteiger partial charge in [-0.2, -0.15) is 0 Å². The third-order valence-electron chi connectivity index (χ3n) is 4.02. The Hall–Kier alpha value is -3.52. The molecule has 0 aliphatic carbocycles. The fourth-order valence-electron chi connectivity index (χ4n) is 2.57. The molecule has 0 atom stereocenters. The summed E-state index contributed by atoms with van der Waals surface area (Å²) in [7, 11) is 3.82. The zero-order chi connectivity index (χ0) is 20.1. The average molecular weight is 382 g/mol. The molecule has 1 aromatic heterocycles. The number of hydrogen-bond acceptors (Lipinski definition) is 5. The first-order valence-corrected chi connectivity index (χ1v) is 8.73. The lowest BCUT2D eigenvalue weighted by atomic mass is 10.2. The lowest BCUT2D eigenvalue weighted by Crippen LogP contribution is -2.21. The normalized spacial score (nSPS) is 10.8. The highest BCUT2D eigenvalue weighted by atomic mass is 16.4. The van der Waals surface area contributed by atoms with E-state index in [1.165, 1.54) is 6.26 Å². The first-order valence-electron chi connectivity index (χ1n) is 8.73. The molecular formula is C20H22N4O4. The van der Waals surface area contributed by atoms with Crippen LogP contribution in [-0.4, -0.2) is 42.6 Å². The first-order chi connectivity index (χ1) is 13.4. The Morgan fingerprint density at radius 2 is 1.57 bits per heavy atom. The summed E-state index contributed by atoms with van der Waals surface area (Å²) in [4.78, 5) is 26.0. The lowest BCUT2D eigenvalue weighted by molar-refractivity contribution is -0.116. The second kappa shape index (κ2) is 8.45. The highest BCUT2D eigenvalue weighted by Crippen LogP contribution is 2.29. The summed E-state index contributed by atoms with van der Waals surface area (Å²) >= 11 is 0. The molecule has 2 aromatic carbocycles. The van der Waals surface area contributed by atoms with Gasteiger partial charge in [-0.25, -0.2) is 4.79 Å². The molecule has 3 rings (SSSR count). The number of rotatable bonds is 6. The summed E-state index contributed by atoms with van der Waals surface area (Å²) in [5.74, 6) is -0.0488. The van der Waals surface area contributed by atoms with Crippen molar-refractivity contribution in [2.24, 2.45) is 0 Å². The minimum atomic E-state index is -0.426. The summed E-state index contributed by atoms with van der Waals surface area (Å²) in [5, 5.41) is 18.4. The molecule has 0 aliphatic rings. The van der Waals surface area contributed by atoms with Crippen molar-refractivity contribution in [3.63, 3.8) is 0 Å². The van der Waals surface area contributed by atoms with Crippen LogP contribution in [0.25, 0.3) is 11.0 Å². The first kappa shape index (κ1) is 19.2. The van der Waals surface area contributed by atoms with Gasteiger partial charge < -0.3 is 30.4 Å². The van der Waals surface area contributed by atoms with Gasteiger partial charge in [0.05, 0.1) is 5.39 Å². The van der Waals surface area contributed by atoms with Gasteiger partial charge in [0.1, 0.15) is 11.8 Å². The van der Waals surface area contributed by atoms with Crippen molar-refractivity contribution in [3.05, 3.63) is 48.7 Å². The van der Waals surface area contributed by atoms with Crippen LogP contribution in [-0.2, 0) is 4.79 Å². The number of aromatic hydroxyl groups is 1. The van der Waals surface area contributed by atoms with E-state index in [0.717, 1.165) is 0 Å². The Morgan fingerprint density at radius 1 is 0.964 bits per heavy atom. The van der Waals surface area contributed by atoms with Gasteiger partial charge in [-0.05, 0) is 56.6 Å². The second-order valence-corrected chi connectivity index (χ2v) is 6.59. The minimum absolute atomic E-state index is 0.0160. The number of hydrogen-bond donors (Lipinski definition) is 4. The Kier molecular flexibility index (Phi) is 5.81. The number of furan rings is 1. The van der Waals surface area contributed by atoms with Crippen LogP contribution in [0.2, 0.25) is 0 Å². The van der Waals surface area contributed by atoms with E-state index in [1.54, 1.807) is 42.5 Å². The number of benzene rings is 2. The lowest BCUT2D eigenvalue weighted by Gasteiger charge is -2.11. The van der Waals surface area contributed by atoms with Gasteiger partial charge in [-0.15, -0.1) is 0 Å². The van der Waals surface area contributed by atoms with E-state index in [9.17, 15) is 14.7 Å². The van der Waals surface area contributed by atoms with Crippen LogP contribution in [0.5, 0.6) is 5.75 Å². The monoisotopic (exact) mass is 382 g/mol. The largest absolute Gasteiger partial charge is 0.504 e. The summed E-state index contributed by atoms with van der Waals surface area (Å²) in [6, 6.07) is 11.4. The third kappa shape index (κ3) is 5.01. The molecule has 1 heterocycles. The van der Waals surface area contributed by atoms with Crippen LogP contribution in [0, 0.1) is 0 Å². The maximum Gasteiger partial charge on any atom is 0.323 e. The van der Waals surface area contributed by atoms with Gasteiger partial charge in [-0.3, -0.25) is 4.79 Å². The summed E-state index contributed by atoms with van der Waals surface area (Å²) < 4.78 is 5.16. The van der Waals surface area contributed by atoms with Crippen LogP contribution in [0.1, 0.15) is 6.42 Å². The number of urea groups is 1. The van der Waals surface area contributed by atoms with Gasteiger partial charge in [0.25, 0.3) is 0 Å². The van der Waals surface area contributed by atoms with Gasteiger partial charge in [-0.1, -0.05) is 0 Å².